The number of rotatable bonds is 46. The summed E-state index contributed by atoms with van der Waals surface area (Å²) in [4.78, 5) is 12.9. The molecule has 1 heterocycles. The summed E-state index contributed by atoms with van der Waals surface area (Å²) in [6.07, 6.45) is 56.5. The van der Waals surface area contributed by atoms with Gasteiger partial charge < -0.3 is 39.4 Å². The molecule has 0 spiro atoms. The van der Waals surface area contributed by atoms with Crippen LogP contribution < -0.4 is 0 Å². The first kappa shape index (κ1) is 61.6. The van der Waals surface area contributed by atoms with Crippen LogP contribution in [0.4, 0.5) is 0 Å². The van der Waals surface area contributed by atoms with E-state index < -0.39 is 43.4 Å². The summed E-state index contributed by atoms with van der Waals surface area (Å²) in [5.41, 5.74) is 0. The summed E-state index contributed by atoms with van der Waals surface area (Å²) in [6, 6.07) is 0. The van der Waals surface area contributed by atoms with Crippen molar-refractivity contribution in [2.45, 2.75) is 256 Å². The van der Waals surface area contributed by atoms with Crippen molar-refractivity contribution in [1.29, 1.82) is 0 Å². The smallest absolute Gasteiger partial charge is 0.306 e. The number of hydrogen-bond donors (Lipinski definition) is 4. The number of allylic oxidation sites excluding steroid dienone is 12. The van der Waals surface area contributed by atoms with Crippen LogP contribution in [0, 0.1) is 0 Å². The standard InChI is InChI=1S/C57H100O9/c1-3-5-7-9-11-13-15-17-19-21-23-24-25-26-27-28-29-30-32-34-36-38-40-42-44-46-53(59)65-51(50-64-57-56(62)55(61)54(60)52(48-58)66-57)49-63-47-45-43-41-39-37-35-33-31-22-20-18-16-14-12-10-8-6-4-2/h5,7,11-14,17-20,23-24,51-52,54-58,60-62H,3-4,6,8-10,15-16,21-22,25-50H2,1-2H3/b7-5-,13-11-,14-12-,19-17-,20-18-,24-23-. The molecule has 0 radical (unpaired) electrons. The van der Waals surface area contributed by atoms with E-state index in [-0.39, 0.29) is 19.2 Å². The van der Waals surface area contributed by atoms with Crippen LogP contribution in [0.25, 0.3) is 0 Å². The predicted octanol–water partition coefficient (Wildman–Crippen LogP) is 13.6. The van der Waals surface area contributed by atoms with Gasteiger partial charge in [0.15, 0.2) is 6.29 Å². The van der Waals surface area contributed by atoms with Gasteiger partial charge in [-0.05, 0) is 83.5 Å². The van der Waals surface area contributed by atoms with E-state index in [9.17, 15) is 25.2 Å². The van der Waals surface area contributed by atoms with Crippen molar-refractivity contribution in [3.05, 3.63) is 72.9 Å². The molecule has 0 aromatic rings. The number of aliphatic hydroxyl groups is 4. The van der Waals surface area contributed by atoms with E-state index in [1.54, 1.807) is 0 Å². The van der Waals surface area contributed by atoms with Gasteiger partial charge >= 0.3 is 5.97 Å². The number of carbonyl (C=O) groups is 1. The number of aliphatic hydroxyl groups excluding tert-OH is 4. The number of ether oxygens (including phenoxy) is 4. The average molecular weight is 929 g/mol. The van der Waals surface area contributed by atoms with E-state index in [1.807, 2.05) is 0 Å². The summed E-state index contributed by atoms with van der Waals surface area (Å²) in [6.45, 7) is 4.42. The second kappa shape index (κ2) is 47.7. The maximum absolute atomic E-state index is 12.9. The van der Waals surface area contributed by atoms with Gasteiger partial charge in [0.25, 0.3) is 0 Å². The van der Waals surface area contributed by atoms with E-state index in [4.69, 9.17) is 18.9 Å². The third-order valence-corrected chi connectivity index (χ3v) is 12.1. The van der Waals surface area contributed by atoms with E-state index in [0.29, 0.717) is 13.0 Å². The SMILES string of the molecule is CC/C=C\C/C=C\C/C=C\C/C=C\CCCCCCCCCCCCCCC(=O)OC(COCCCCCCCCCC/C=C\C/C=C\CCCCC)COC1OC(CO)C(O)C(O)C1O. The fourth-order valence-electron chi connectivity index (χ4n) is 7.93. The van der Waals surface area contributed by atoms with E-state index in [0.717, 1.165) is 64.2 Å². The van der Waals surface area contributed by atoms with Crippen molar-refractivity contribution >= 4 is 5.97 Å². The zero-order valence-corrected chi connectivity index (χ0v) is 42.2. The third-order valence-electron chi connectivity index (χ3n) is 12.1. The highest BCUT2D eigenvalue weighted by atomic mass is 16.7. The fourth-order valence-corrected chi connectivity index (χ4v) is 7.93. The second-order valence-electron chi connectivity index (χ2n) is 18.3. The molecule has 1 aliphatic rings. The molecule has 0 saturated carbocycles. The van der Waals surface area contributed by atoms with Crippen molar-refractivity contribution in [3.8, 4) is 0 Å². The number of esters is 1. The first-order valence-electron chi connectivity index (χ1n) is 27.0. The van der Waals surface area contributed by atoms with Gasteiger partial charge in [-0.2, -0.15) is 0 Å². The molecule has 1 saturated heterocycles. The minimum atomic E-state index is -1.54. The van der Waals surface area contributed by atoms with Crippen molar-refractivity contribution < 1.29 is 44.2 Å². The lowest BCUT2D eigenvalue weighted by Crippen LogP contribution is -2.59. The Labute approximate surface area is 404 Å². The molecule has 9 heteroatoms. The number of unbranched alkanes of at least 4 members (excludes halogenated alkanes) is 23. The molecule has 0 bridgehead atoms. The van der Waals surface area contributed by atoms with Crippen LogP contribution in [0.3, 0.4) is 0 Å². The van der Waals surface area contributed by atoms with Crippen LogP contribution in [0.15, 0.2) is 72.9 Å². The minimum Gasteiger partial charge on any atom is -0.457 e. The molecule has 382 valence electrons. The molecule has 0 aromatic carbocycles. The molecule has 1 fully saturated rings. The molecule has 0 aliphatic carbocycles. The van der Waals surface area contributed by atoms with Crippen molar-refractivity contribution in [1.82, 2.24) is 0 Å². The second-order valence-corrected chi connectivity index (χ2v) is 18.3. The Hall–Kier alpha value is -2.37. The minimum absolute atomic E-state index is 0.119. The van der Waals surface area contributed by atoms with Gasteiger partial charge in [-0.3, -0.25) is 4.79 Å². The zero-order valence-electron chi connectivity index (χ0n) is 42.2. The maximum Gasteiger partial charge on any atom is 0.306 e. The Balaban J connectivity index is 2.18. The lowest BCUT2D eigenvalue weighted by molar-refractivity contribution is -0.305. The van der Waals surface area contributed by atoms with Gasteiger partial charge in [0, 0.05) is 13.0 Å². The van der Waals surface area contributed by atoms with E-state index >= 15 is 0 Å². The molecular formula is C57H100O9. The van der Waals surface area contributed by atoms with Crippen LogP contribution >= 0.6 is 0 Å². The summed E-state index contributed by atoms with van der Waals surface area (Å²) in [5.74, 6) is -0.319. The largest absolute Gasteiger partial charge is 0.457 e. The topological polar surface area (TPSA) is 135 Å². The van der Waals surface area contributed by atoms with Gasteiger partial charge in [0.05, 0.1) is 19.8 Å². The zero-order chi connectivity index (χ0) is 47.8. The van der Waals surface area contributed by atoms with Crippen LogP contribution in [0.2, 0.25) is 0 Å². The summed E-state index contributed by atoms with van der Waals surface area (Å²) < 4.78 is 22.9. The maximum atomic E-state index is 12.9. The Morgan fingerprint density at radius 3 is 1.39 bits per heavy atom. The van der Waals surface area contributed by atoms with Crippen LogP contribution in [0.1, 0.15) is 219 Å². The monoisotopic (exact) mass is 929 g/mol. The van der Waals surface area contributed by atoms with Gasteiger partial charge in [0.2, 0.25) is 0 Å². The molecule has 0 amide bonds. The predicted molar refractivity (Wildman–Crippen MR) is 274 cm³/mol. The van der Waals surface area contributed by atoms with E-state index in [1.165, 1.54) is 135 Å². The summed E-state index contributed by atoms with van der Waals surface area (Å²) >= 11 is 0. The quantitative estimate of drug-likeness (QED) is 0.0267. The van der Waals surface area contributed by atoms with Gasteiger partial charge in [-0.15, -0.1) is 0 Å². The first-order chi connectivity index (χ1) is 32.4. The normalized spacial score (nSPS) is 19.9. The molecule has 6 unspecified atom stereocenters. The third kappa shape index (κ3) is 37.6. The number of hydrogen-bond acceptors (Lipinski definition) is 9. The lowest BCUT2D eigenvalue weighted by Gasteiger charge is -2.39. The van der Waals surface area contributed by atoms with Crippen LogP contribution in [-0.4, -0.2) is 89.6 Å². The van der Waals surface area contributed by atoms with Crippen molar-refractivity contribution in [2.24, 2.45) is 0 Å². The Kier molecular flexibility index (Phi) is 44.5. The molecule has 1 rings (SSSR count). The molecule has 4 N–H and O–H groups in total. The average Bonchev–Trinajstić information content (AvgIpc) is 3.32. The molecular weight excluding hydrogens is 829 g/mol. The van der Waals surface area contributed by atoms with Gasteiger partial charge in [0.1, 0.15) is 30.5 Å². The van der Waals surface area contributed by atoms with Crippen LogP contribution in [0.5, 0.6) is 0 Å². The first-order valence-corrected chi connectivity index (χ1v) is 27.0. The molecule has 6 atom stereocenters. The van der Waals surface area contributed by atoms with Crippen molar-refractivity contribution in [3.63, 3.8) is 0 Å². The lowest BCUT2D eigenvalue weighted by atomic mass is 9.99. The summed E-state index contributed by atoms with van der Waals surface area (Å²) in [5, 5.41) is 40.3. The van der Waals surface area contributed by atoms with E-state index in [2.05, 4.69) is 86.8 Å². The van der Waals surface area contributed by atoms with Gasteiger partial charge in [-0.1, -0.05) is 202 Å². The van der Waals surface area contributed by atoms with Crippen molar-refractivity contribution in [2.75, 3.05) is 26.4 Å². The summed E-state index contributed by atoms with van der Waals surface area (Å²) in [7, 11) is 0. The van der Waals surface area contributed by atoms with Gasteiger partial charge in [-0.25, -0.2) is 0 Å². The molecule has 1 aliphatic heterocycles. The van der Waals surface area contributed by atoms with Crippen LogP contribution in [-0.2, 0) is 23.7 Å². The number of carbonyl (C=O) groups excluding carboxylic acids is 1. The molecule has 0 aromatic heterocycles. The molecule has 66 heavy (non-hydrogen) atoms. The highest BCUT2D eigenvalue weighted by Gasteiger charge is 2.44. The Morgan fingerprint density at radius 2 is 0.924 bits per heavy atom. The highest BCUT2D eigenvalue weighted by molar-refractivity contribution is 5.69. The highest BCUT2D eigenvalue weighted by Crippen LogP contribution is 2.23. The Bertz CT molecular complexity index is 1240. The fraction of sp³-hybridized carbons (Fsp3) is 0.772. The molecule has 9 nitrogen and oxygen atoms in total. The Morgan fingerprint density at radius 1 is 0.500 bits per heavy atom.